The Kier molecular flexibility index (Phi) is 5.63. The van der Waals surface area contributed by atoms with Gasteiger partial charge in [0.05, 0.1) is 5.54 Å². The summed E-state index contributed by atoms with van der Waals surface area (Å²) in [5, 5.41) is 6.65. The van der Waals surface area contributed by atoms with Crippen molar-refractivity contribution in [2.24, 2.45) is 11.8 Å². The van der Waals surface area contributed by atoms with E-state index in [-0.39, 0.29) is 11.4 Å². The van der Waals surface area contributed by atoms with Gasteiger partial charge in [-0.25, -0.2) is 0 Å². The van der Waals surface area contributed by atoms with E-state index in [1.54, 1.807) is 0 Å². The number of piperidine rings is 1. The van der Waals surface area contributed by atoms with Gasteiger partial charge in [-0.05, 0) is 64.1 Å². The van der Waals surface area contributed by atoms with Crippen LogP contribution in [0.4, 0.5) is 0 Å². The summed E-state index contributed by atoms with van der Waals surface area (Å²) in [4.78, 5) is 12.4. The summed E-state index contributed by atoms with van der Waals surface area (Å²) in [7, 11) is 0. The lowest BCUT2D eigenvalue weighted by Gasteiger charge is -2.31. The monoisotopic (exact) mass is 302 g/mol. The molecular weight excluding hydrogens is 272 g/mol. The largest absolute Gasteiger partial charge is 0.347 e. The molecular formula is C19H30N2O. The van der Waals surface area contributed by atoms with Gasteiger partial charge in [0.1, 0.15) is 0 Å². The average Bonchev–Trinajstić information content (AvgIpc) is 2.47. The lowest BCUT2D eigenvalue weighted by molar-refractivity contribution is -0.124. The van der Waals surface area contributed by atoms with Gasteiger partial charge in [0.2, 0.25) is 5.91 Å². The molecule has 0 radical (unpaired) electrons. The van der Waals surface area contributed by atoms with Crippen LogP contribution in [0.2, 0.25) is 0 Å². The van der Waals surface area contributed by atoms with Crippen LogP contribution in [0.5, 0.6) is 0 Å². The van der Waals surface area contributed by atoms with E-state index in [2.05, 4.69) is 62.6 Å². The Morgan fingerprint density at radius 2 is 2.23 bits per heavy atom. The van der Waals surface area contributed by atoms with E-state index in [4.69, 9.17) is 0 Å². The van der Waals surface area contributed by atoms with Crippen LogP contribution in [0.25, 0.3) is 0 Å². The van der Waals surface area contributed by atoms with Crippen molar-refractivity contribution in [3.63, 3.8) is 0 Å². The van der Waals surface area contributed by atoms with E-state index in [0.29, 0.717) is 18.3 Å². The molecule has 2 unspecified atom stereocenters. The van der Waals surface area contributed by atoms with Gasteiger partial charge < -0.3 is 10.6 Å². The van der Waals surface area contributed by atoms with Crippen LogP contribution >= 0.6 is 0 Å². The number of benzene rings is 1. The zero-order valence-corrected chi connectivity index (χ0v) is 14.4. The lowest BCUT2D eigenvalue weighted by atomic mass is 9.85. The summed E-state index contributed by atoms with van der Waals surface area (Å²) < 4.78 is 0. The van der Waals surface area contributed by atoms with Gasteiger partial charge in [0.25, 0.3) is 0 Å². The molecule has 122 valence electrons. The second kappa shape index (κ2) is 7.28. The molecule has 3 nitrogen and oxygen atoms in total. The summed E-state index contributed by atoms with van der Waals surface area (Å²) in [5.41, 5.74) is 2.06. The highest BCUT2D eigenvalue weighted by Gasteiger charge is 2.26. The molecule has 1 aliphatic rings. The van der Waals surface area contributed by atoms with E-state index in [1.165, 1.54) is 18.4 Å². The van der Waals surface area contributed by atoms with E-state index in [0.717, 1.165) is 18.7 Å². The first-order valence-electron chi connectivity index (χ1n) is 8.47. The summed E-state index contributed by atoms with van der Waals surface area (Å²) in [5.74, 6) is 1.22. The number of nitrogens with one attached hydrogen (secondary N) is 2. The lowest BCUT2D eigenvalue weighted by Crippen LogP contribution is -2.42. The van der Waals surface area contributed by atoms with Gasteiger partial charge in [-0.2, -0.15) is 0 Å². The summed E-state index contributed by atoms with van der Waals surface area (Å²) in [6.07, 6.45) is 3.08. The Balaban J connectivity index is 1.92. The fourth-order valence-corrected chi connectivity index (χ4v) is 3.33. The zero-order valence-electron chi connectivity index (χ0n) is 14.4. The molecule has 1 aliphatic heterocycles. The molecule has 1 fully saturated rings. The van der Waals surface area contributed by atoms with Crippen LogP contribution in [0.3, 0.4) is 0 Å². The SMILES string of the molecule is Cc1cccc(C(C)(C)NC(=O)CC(C)C2CCCNC2)c1. The van der Waals surface area contributed by atoms with Crippen molar-refractivity contribution in [3.8, 4) is 0 Å². The quantitative estimate of drug-likeness (QED) is 0.875. The predicted molar refractivity (Wildman–Crippen MR) is 91.7 cm³/mol. The van der Waals surface area contributed by atoms with Crippen LogP contribution < -0.4 is 10.6 Å². The highest BCUT2D eigenvalue weighted by atomic mass is 16.1. The number of hydrogen-bond donors (Lipinski definition) is 2. The molecule has 1 amide bonds. The third-order valence-corrected chi connectivity index (χ3v) is 4.84. The molecule has 22 heavy (non-hydrogen) atoms. The van der Waals surface area contributed by atoms with E-state index in [9.17, 15) is 4.79 Å². The molecule has 1 aromatic carbocycles. The maximum absolute atomic E-state index is 12.4. The maximum Gasteiger partial charge on any atom is 0.220 e. The summed E-state index contributed by atoms with van der Waals surface area (Å²) >= 11 is 0. The third-order valence-electron chi connectivity index (χ3n) is 4.84. The van der Waals surface area contributed by atoms with Gasteiger partial charge >= 0.3 is 0 Å². The van der Waals surface area contributed by atoms with Crippen molar-refractivity contribution >= 4 is 5.91 Å². The standard InChI is InChI=1S/C19H30N2O/c1-14-7-5-9-17(11-14)19(3,4)21-18(22)12-15(2)16-8-6-10-20-13-16/h5,7,9,11,15-16,20H,6,8,10,12-13H2,1-4H3,(H,21,22). The molecule has 0 bridgehead atoms. The van der Waals surface area contributed by atoms with Gasteiger partial charge in [-0.1, -0.05) is 36.8 Å². The molecule has 2 rings (SSSR count). The first-order valence-corrected chi connectivity index (χ1v) is 8.47. The number of amides is 1. The van der Waals surface area contributed by atoms with E-state index in [1.807, 2.05) is 0 Å². The second-order valence-corrected chi connectivity index (χ2v) is 7.33. The zero-order chi connectivity index (χ0) is 16.2. The first kappa shape index (κ1) is 17.0. The van der Waals surface area contributed by atoms with Gasteiger partial charge in [0.15, 0.2) is 0 Å². The molecule has 3 heteroatoms. The van der Waals surface area contributed by atoms with Crippen LogP contribution in [-0.4, -0.2) is 19.0 Å². The summed E-state index contributed by atoms with van der Waals surface area (Å²) in [6.45, 7) is 10.6. The Bertz CT molecular complexity index is 504. The van der Waals surface area contributed by atoms with E-state index < -0.39 is 0 Å². The predicted octanol–water partition coefficient (Wildman–Crippen LogP) is 3.37. The van der Waals surface area contributed by atoms with Crippen LogP contribution in [0.15, 0.2) is 24.3 Å². The Hall–Kier alpha value is -1.35. The average molecular weight is 302 g/mol. The van der Waals surface area contributed by atoms with Crippen molar-refractivity contribution in [2.45, 2.75) is 52.5 Å². The second-order valence-electron chi connectivity index (χ2n) is 7.33. The highest BCUT2D eigenvalue weighted by molar-refractivity contribution is 5.77. The molecule has 1 saturated heterocycles. The number of rotatable bonds is 5. The molecule has 2 N–H and O–H groups in total. The fraction of sp³-hybridized carbons (Fsp3) is 0.632. The molecule has 1 aromatic rings. The van der Waals surface area contributed by atoms with Gasteiger partial charge in [-0.3, -0.25) is 4.79 Å². The minimum atomic E-state index is -0.326. The molecule has 0 aliphatic carbocycles. The Morgan fingerprint density at radius 1 is 1.45 bits per heavy atom. The third kappa shape index (κ3) is 4.57. The topological polar surface area (TPSA) is 41.1 Å². The fourth-order valence-electron chi connectivity index (χ4n) is 3.33. The van der Waals surface area contributed by atoms with Crippen molar-refractivity contribution in [1.29, 1.82) is 0 Å². The minimum Gasteiger partial charge on any atom is -0.347 e. The van der Waals surface area contributed by atoms with Crippen molar-refractivity contribution < 1.29 is 4.79 Å². The Morgan fingerprint density at radius 3 is 2.86 bits per heavy atom. The van der Waals surface area contributed by atoms with Crippen molar-refractivity contribution in [1.82, 2.24) is 10.6 Å². The van der Waals surface area contributed by atoms with Crippen molar-refractivity contribution in [2.75, 3.05) is 13.1 Å². The van der Waals surface area contributed by atoms with Gasteiger partial charge in [0, 0.05) is 6.42 Å². The molecule has 0 spiro atoms. The molecule has 1 heterocycles. The highest BCUT2D eigenvalue weighted by Crippen LogP contribution is 2.25. The maximum atomic E-state index is 12.4. The molecule has 0 aromatic heterocycles. The number of hydrogen-bond acceptors (Lipinski definition) is 2. The number of carbonyl (C=O) groups is 1. The normalized spacial score (nSPS) is 20.5. The molecule has 2 atom stereocenters. The Labute approximate surface area is 134 Å². The molecule has 0 saturated carbocycles. The number of carbonyl (C=O) groups excluding carboxylic acids is 1. The van der Waals surface area contributed by atoms with Crippen LogP contribution in [-0.2, 0) is 10.3 Å². The first-order chi connectivity index (χ1) is 10.4. The smallest absolute Gasteiger partial charge is 0.220 e. The number of aryl methyl sites for hydroxylation is 1. The van der Waals surface area contributed by atoms with Crippen LogP contribution in [0.1, 0.15) is 51.2 Å². The van der Waals surface area contributed by atoms with Gasteiger partial charge in [-0.15, -0.1) is 0 Å². The van der Waals surface area contributed by atoms with E-state index >= 15 is 0 Å². The minimum absolute atomic E-state index is 0.157. The summed E-state index contributed by atoms with van der Waals surface area (Å²) in [6, 6.07) is 8.37. The van der Waals surface area contributed by atoms with Crippen LogP contribution in [0, 0.1) is 18.8 Å². The van der Waals surface area contributed by atoms with Crippen molar-refractivity contribution in [3.05, 3.63) is 35.4 Å².